The summed E-state index contributed by atoms with van der Waals surface area (Å²) in [7, 11) is -1.71. The van der Waals surface area contributed by atoms with Crippen molar-refractivity contribution in [2.75, 3.05) is 97.0 Å². The average Bonchev–Trinajstić information content (AvgIpc) is 3.56. The van der Waals surface area contributed by atoms with E-state index >= 15 is 0 Å². The van der Waals surface area contributed by atoms with Gasteiger partial charge in [0, 0.05) is 76.1 Å². The van der Waals surface area contributed by atoms with Crippen molar-refractivity contribution >= 4 is 48.3 Å². The molecule has 19 heteroatoms. The smallest absolute Gasteiger partial charge is 0.475 e. The Morgan fingerprint density at radius 3 is 1.55 bits per heavy atom. The second kappa shape index (κ2) is 20.2. The molecule has 7 N–H and O–H groups in total. The maximum atomic E-state index is 13.3. The Morgan fingerprint density at radius 2 is 1.16 bits per heavy atom. The minimum atomic E-state index is -1.71. The van der Waals surface area contributed by atoms with Crippen LogP contribution in [0.15, 0.2) is 24.3 Å². The Kier molecular flexibility index (Phi) is 16.4. The van der Waals surface area contributed by atoms with Crippen molar-refractivity contribution in [1.82, 2.24) is 24.5 Å². The second-order valence-electron chi connectivity index (χ2n) is 13.0. The molecule has 0 aromatic heterocycles. The van der Waals surface area contributed by atoms with E-state index in [2.05, 4.69) is 5.32 Å². The van der Waals surface area contributed by atoms with E-state index in [1.165, 1.54) is 36.1 Å². The first-order valence-corrected chi connectivity index (χ1v) is 16.9. The number of nitrogens with one attached hydrogen (secondary N) is 1. The monoisotopic (exact) mass is 720 g/mol. The van der Waals surface area contributed by atoms with Gasteiger partial charge in [-0.1, -0.05) is 6.92 Å². The summed E-state index contributed by atoms with van der Waals surface area (Å²) in [6, 6.07) is 5.94. The summed E-state index contributed by atoms with van der Waals surface area (Å²) in [6.07, 6.45) is 1.00. The number of amides is 2. The minimum absolute atomic E-state index is 0.111. The van der Waals surface area contributed by atoms with Crippen molar-refractivity contribution in [3.8, 4) is 0 Å². The number of hydrogen-bond donors (Lipinski definition) is 7. The van der Waals surface area contributed by atoms with Crippen LogP contribution in [0, 0.1) is 11.8 Å². The fraction of sp³-hybridized carbons (Fsp3) is 0.625. The lowest BCUT2D eigenvalue weighted by molar-refractivity contribution is -0.140. The summed E-state index contributed by atoms with van der Waals surface area (Å²) in [4.78, 5) is 82.1. The zero-order chi connectivity index (χ0) is 37.7. The molecule has 2 aliphatic heterocycles. The highest BCUT2D eigenvalue weighted by molar-refractivity contribution is 6.43. The number of aliphatic hydroxyl groups excluding tert-OH is 1. The highest BCUT2D eigenvalue weighted by Crippen LogP contribution is 2.26. The molecular formula is C32H49BN6O12. The molecule has 3 rings (SSSR count). The number of benzene rings is 1. The SMILES string of the molecule is C[C@H](C(=O)N1CCC[C@H]1B(O)O)C(CO)C(=O)c1ccc(NC(=O)CN2CCN(CC(=O)O)CCN(CC(=O)O)CCN(CC(=O)O)CC2)cc1. The van der Waals surface area contributed by atoms with Crippen LogP contribution in [0.3, 0.4) is 0 Å². The van der Waals surface area contributed by atoms with Gasteiger partial charge >= 0.3 is 25.0 Å². The molecule has 2 amide bonds. The van der Waals surface area contributed by atoms with Crippen molar-refractivity contribution in [2.45, 2.75) is 25.7 Å². The predicted molar refractivity (Wildman–Crippen MR) is 183 cm³/mol. The van der Waals surface area contributed by atoms with Crippen LogP contribution in [0.25, 0.3) is 0 Å². The maximum Gasteiger partial charge on any atom is 0.475 e. The lowest BCUT2D eigenvalue weighted by Gasteiger charge is -2.32. The Labute approximate surface area is 296 Å². The fourth-order valence-electron chi connectivity index (χ4n) is 6.40. The highest BCUT2D eigenvalue weighted by atomic mass is 16.4. The summed E-state index contributed by atoms with van der Waals surface area (Å²) in [5, 5.41) is 60.3. The molecule has 1 aromatic rings. The molecule has 0 spiro atoms. The number of aliphatic hydroxyl groups is 1. The molecule has 51 heavy (non-hydrogen) atoms. The van der Waals surface area contributed by atoms with Crippen LogP contribution in [0.2, 0.25) is 0 Å². The van der Waals surface area contributed by atoms with Crippen LogP contribution in [-0.4, -0.2) is 195 Å². The van der Waals surface area contributed by atoms with E-state index in [9.17, 15) is 59.2 Å². The molecule has 0 aliphatic carbocycles. The number of aliphatic carboxylic acids is 3. The number of Topliss-reactive ketones (excluding diaryl/α,β-unsaturated/α-hetero) is 1. The van der Waals surface area contributed by atoms with E-state index < -0.39 is 67.0 Å². The largest absolute Gasteiger partial charge is 0.480 e. The molecule has 2 heterocycles. The third-order valence-electron chi connectivity index (χ3n) is 9.28. The van der Waals surface area contributed by atoms with Gasteiger partial charge in [0.1, 0.15) is 0 Å². The van der Waals surface area contributed by atoms with Crippen LogP contribution < -0.4 is 5.32 Å². The number of carboxylic acids is 3. The van der Waals surface area contributed by atoms with E-state index in [1.54, 1.807) is 19.6 Å². The minimum Gasteiger partial charge on any atom is -0.480 e. The molecule has 2 saturated heterocycles. The summed E-state index contributed by atoms with van der Waals surface area (Å²) in [5.74, 6) is -7.31. The molecule has 0 saturated carbocycles. The van der Waals surface area contributed by atoms with Gasteiger partial charge in [-0.3, -0.25) is 48.4 Å². The summed E-state index contributed by atoms with van der Waals surface area (Å²) in [5.41, 5.74) is 0.569. The number of carbonyl (C=O) groups is 6. The molecule has 1 unspecified atom stereocenters. The molecule has 3 atom stereocenters. The molecule has 1 aromatic carbocycles. The van der Waals surface area contributed by atoms with E-state index in [0.717, 1.165) is 0 Å². The Balaban J connectivity index is 1.66. The quantitative estimate of drug-likeness (QED) is 0.0732. The highest BCUT2D eigenvalue weighted by Gasteiger charge is 2.41. The van der Waals surface area contributed by atoms with Crippen LogP contribution >= 0.6 is 0 Å². The molecular weight excluding hydrogens is 671 g/mol. The number of likely N-dealkylation sites (tertiary alicyclic amines) is 1. The molecule has 2 fully saturated rings. The van der Waals surface area contributed by atoms with E-state index in [4.69, 9.17) is 0 Å². The van der Waals surface area contributed by atoms with Crippen molar-refractivity contribution < 1.29 is 59.2 Å². The molecule has 18 nitrogen and oxygen atoms in total. The van der Waals surface area contributed by atoms with E-state index in [-0.39, 0.29) is 84.1 Å². The third kappa shape index (κ3) is 13.3. The van der Waals surface area contributed by atoms with Crippen LogP contribution in [0.4, 0.5) is 5.69 Å². The van der Waals surface area contributed by atoms with Crippen molar-refractivity contribution in [2.24, 2.45) is 11.8 Å². The first kappa shape index (κ1) is 41.4. The topological polar surface area (TPSA) is 252 Å². The summed E-state index contributed by atoms with van der Waals surface area (Å²) in [6.45, 7) is 2.31. The number of carbonyl (C=O) groups excluding carboxylic acids is 3. The Morgan fingerprint density at radius 1 is 0.725 bits per heavy atom. The zero-order valence-corrected chi connectivity index (χ0v) is 28.8. The van der Waals surface area contributed by atoms with Gasteiger partial charge in [-0.15, -0.1) is 0 Å². The van der Waals surface area contributed by atoms with Gasteiger partial charge in [-0.05, 0) is 37.1 Å². The molecule has 0 bridgehead atoms. The van der Waals surface area contributed by atoms with Gasteiger partial charge in [-0.25, -0.2) is 0 Å². The molecule has 282 valence electrons. The van der Waals surface area contributed by atoms with E-state index in [1.807, 2.05) is 0 Å². The first-order chi connectivity index (χ1) is 24.2. The first-order valence-electron chi connectivity index (χ1n) is 16.9. The summed E-state index contributed by atoms with van der Waals surface area (Å²) < 4.78 is 0. The van der Waals surface area contributed by atoms with Crippen molar-refractivity contribution in [3.05, 3.63) is 29.8 Å². The van der Waals surface area contributed by atoms with Gasteiger partial charge in [-0.2, -0.15) is 0 Å². The second-order valence-corrected chi connectivity index (χ2v) is 13.0. The number of rotatable bonds is 15. The number of carboxylic acid groups (broad SMARTS) is 3. The average molecular weight is 721 g/mol. The Hall–Kier alpha value is -3.98. The Bertz CT molecular complexity index is 1340. The van der Waals surface area contributed by atoms with Crippen molar-refractivity contribution in [1.29, 1.82) is 0 Å². The van der Waals surface area contributed by atoms with Gasteiger partial charge in [0.2, 0.25) is 11.8 Å². The standard InChI is InChI=1S/C32H49BN6O12/c1-22(32(49)39-8-2-3-26(39)33(50)51)25(21-40)31(48)23-4-6-24(7-5-23)34-27(41)17-35-9-11-36(18-28(42)43)13-15-38(20-30(46)47)16-14-37(12-10-35)19-29(44)45/h4-7,22,25-26,40,50-51H,2-3,8-21H2,1H3,(H,34,41)(H,42,43)(H,44,45)(H,46,47)/t22-,25?,26-/m0/s1. The van der Waals surface area contributed by atoms with Crippen LogP contribution in [-0.2, 0) is 24.0 Å². The van der Waals surface area contributed by atoms with Gasteiger partial charge < -0.3 is 40.7 Å². The number of hydrogen-bond acceptors (Lipinski definition) is 13. The number of anilines is 1. The lowest BCUT2D eigenvalue weighted by atomic mass is 9.77. The number of ketones is 1. The van der Waals surface area contributed by atoms with Gasteiger partial charge in [0.15, 0.2) is 5.78 Å². The third-order valence-corrected chi connectivity index (χ3v) is 9.28. The van der Waals surface area contributed by atoms with E-state index in [0.29, 0.717) is 25.1 Å². The summed E-state index contributed by atoms with van der Waals surface area (Å²) >= 11 is 0. The normalized spacial score (nSPS) is 20.1. The molecule has 0 radical (unpaired) electrons. The fourth-order valence-corrected chi connectivity index (χ4v) is 6.40. The molecule has 2 aliphatic rings. The predicted octanol–water partition coefficient (Wildman–Crippen LogP) is -2.47. The number of nitrogens with zero attached hydrogens (tertiary/aromatic N) is 5. The van der Waals surface area contributed by atoms with Crippen LogP contribution in [0.1, 0.15) is 30.1 Å². The lowest BCUT2D eigenvalue weighted by Crippen LogP contribution is -2.49. The maximum absolute atomic E-state index is 13.3. The van der Waals surface area contributed by atoms with Crippen LogP contribution in [0.5, 0.6) is 0 Å². The zero-order valence-electron chi connectivity index (χ0n) is 28.8. The van der Waals surface area contributed by atoms with Crippen molar-refractivity contribution in [3.63, 3.8) is 0 Å². The van der Waals surface area contributed by atoms with Gasteiger partial charge in [0.05, 0.1) is 44.6 Å². The van der Waals surface area contributed by atoms with Gasteiger partial charge in [0.25, 0.3) is 0 Å².